The molecule has 0 aromatic rings. The summed E-state index contributed by atoms with van der Waals surface area (Å²) in [6, 6.07) is -0.765. The van der Waals surface area contributed by atoms with Crippen molar-refractivity contribution in [3.05, 3.63) is 0 Å². The van der Waals surface area contributed by atoms with Gasteiger partial charge in [-0.3, -0.25) is 4.79 Å². The molecule has 0 saturated heterocycles. The van der Waals surface area contributed by atoms with Crippen LogP contribution in [-0.2, 0) is 4.79 Å². The van der Waals surface area contributed by atoms with Gasteiger partial charge in [0.15, 0.2) is 0 Å². The monoisotopic (exact) mass is 151 g/mol. The molecule has 3 nitrogen and oxygen atoms in total. The highest BCUT2D eigenvalue weighted by Crippen LogP contribution is 1.97. The van der Waals surface area contributed by atoms with Crippen LogP contribution in [0.4, 0.5) is 0 Å². The Morgan fingerprint density at radius 3 is 3.22 bits per heavy atom. The molecule has 54 valence electrons. The van der Waals surface area contributed by atoms with Crippen LogP contribution in [0.5, 0.6) is 0 Å². The van der Waals surface area contributed by atoms with Gasteiger partial charge in [0.2, 0.25) is 0 Å². The SMILES string of the molecule is [2H][13CH2]SCC[C@H](N)C(=O)O. The van der Waals surface area contributed by atoms with Gasteiger partial charge in [0, 0.05) is 1.37 Å². The van der Waals surface area contributed by atoms with Crippen LogP contribution >= 0.6 is 11.8 Å². The number of rotatable bonds is 4. The second-order valence-corrected chi connectivity index (χ2v) is 2.46. The van der Waals surface area contributed by atoms with Gasteiger partial charge in [-0.1, -0.05) is 0 Å². The molecule has 3 N–H and O–H groups in total. The Hall–Kier alpha value is -0.220. The first-order chi connectivity index (χ1) is 4.68. The lowest BCUT2D eigenvalue weighted by molar-refractivity contribution is -0.138. The van der Waals surface area contributed by atoms with Crippen molar-refractivity contribution in [3.63, 3.8) is 0 Å². The molecule has 0 unspecified atom stereocenters. The van der Waals surface area contributed by atoms with Crippen molar-refractivity contribution in [2.75, 3.05) is 12.0 Å². The third-order valence-electron chi connectivity index (χ3n) is 0.890. The molecule has 0 spiro atoms. The van der Waals surface area contributed by atoms with Crippen LogP contribution < -0.4 is 5.73 Å². The summed E-state index contributed by atoms with van der Waals surface area (Å²) < 4.78 is 6.73. The molecule has 0 fully saturated rings. The van der Waals surface area contributed by atoms with Crippen LogP contribution in [0.2, 0.25) is 0 Å². The van der Waals surface area contributed by atoms with E-state index in [4.69, 9.17) is 12.2 Å². The molecule has 0 aliphatic heterocycles. The van der Waals surface area contributed by atoms with Gasteiger partial charge in [0.25, 0.3) is 0 Å². The van der Waals surface area contributed by atoms with Crippen LogP contribution in [0.3, 0.4) is 0 Å². The maximum absolute atomic E-state index is 10.1. The van der Waals surface area contributed by atoms with Gasteiger partial charge in [0.05, 0.1) is 0 Å². The topological polar surface area (TPSA) is 63.3 Å². The molecule has 0 amide bonds. The van der Waals surface area contributed by atoms with E-state index >= 15 is 0 Å². The smallest absolute Gasteiger partial charge is 0.320 e. The van der Waals surface area contributed by atoms with Crippen molar-refractivity contribution in [2.24, 2.45) is 5.73 Å². The molecule has 1 atom stereocenters. The first-order valence-corrected chi connectivity index (χ1v) is 3.69. The lowest BCUT2D eigenvalue weighted by atomic mass is 10.2. The summed E-state index contributed by atoms with van der Waals surface area (Å²) in [5.41, 5.74) is 5.18. The zero-order valence-corrected chi connectivity index (χ0v) is 5.86. The van der Waals surface area contributed by atoms with Crippen molar-refractivity contribution in [1.82, 2.24) is 0 Å². The van der Waals surface area contributed by atoms with Gasteiger partial charge in [-0.15, -0.1) is 0 Å². The van der Waals surface area contributed by atoms with Gasteiger partial charge in [-0.05, 0) is 18.4 Å². The number of carboxylic acids is 1. The Labute approximate surface area is 60.0 Å². The van der Waals surface area contributed by atoms with Crippen molar-refractivity contribution in [1.29, 1.82) is 0 Å². The molecular weight excluding hydrogens is 139 g/mol. The Bertz CT molecular complexity index is 112. The fourth-order valence-corrected chi connectivity index (χ4v) is 0.754. The first kappa shape index (κ1) is 6.89. The summed E-state index contributed by atoms with van der Waals surface area (Å²) in [5, 5.41) is 8.30. The van der Waals surface area contributed by atoms with E-state index in [0.717, 1.165) is 0 Å². The maximum atomic E-state index is 10.1. The van der Waals surface area contributed by atoms with Gasteiger partial charge < -0.3 is 10.8 Å². The number of carboxylic acid groups (broad SMARTS) is 1. The molecule has 0 radical (unpaired) electrons. The zero-order chi connectivity index (χ0) is 7.98. The highest BCUT2D eigenvalue weighted by molar-refractivity contribution is 7.98. The van der Waals surface area contributed by atoms with E-state index in [0.29, 0.717) is 12.2 Å². The van der Waals surface area contributed by atoms with Crippen molar-refractivity contribution >= 4 is 17.7 Å². The Morgan fingerprint density at radius 2 is 2.78 bits per heavy atom. The molecule has 0 aliphatic rings. The minimum Gasteiger partial charge on any atom is -0.480 e. The van der Waals surface area contributed by atoms with E-state index < -0.39 is 12.0 Å². The van der Waals surface area contributed by atoms with Crippen molar-refractivity contribution in [3.8, 4) is 0 Å². The summed E-state index contributed by atoms with van der Waals surface area (Å²) in [6.45, 7) is 0. The molecule has 4 heteroatoms. The molecule has 0 bridgehead atoms. The zero-order valence-electron chi connectivity index (χ0n) is 6.04. The number of thioether (sulfide) groups is 1. The van der Waals surface area contributed by atoms with E-state index in [1.54, 1.807) is 0 Å². The van der Waals surface area contributed by atoms with Crippen molar-refractivity contribution in [2.45, 2.75) is 12.5 Å². The average Bonchev–Trinajstić information content (AvgIpc) is 1.88. The number of aliphatic carboxylic acids is 1. The van der Waals surface area contributed by atoms with E-state index in [1.165, 1.54) is 11.8 Å². The third-order valence-corrected chi connectivity index (χ3v) is 1.41. The minimum absolute atomic E-state index is 0.270. The van der Waals surface area contributed by atoms with E-state index in [1.807, 2.05) is 0 Å². The normalized spacial score (nSPS) is 14.6. The Morgan fingerprint density at radius 1 is 2.11 bits per heavy atom. The number of nitrogens with two attached hydrogens (primary N) is 1. The second-order valence-electron chi connectivity index (χ2n) is 1.64. The fraction of sp³-hybridized carbons (Fsp3) is 0.800. The number of hydrogen-bond donors (Lipinski definition) is 2. The molecule has 0 aliphatic carbocycles. The Balaban J connectivity index is 3.21. The van der Waals surface area contributed by atoms with E-state index in [2.05, 4.69) is 0 Å². The van der Waals surface area contributed by atoms with E-state index in [9.17, 15) is 4.79 Å². The second kappa shape index (κ2) is 4.64. The lowest BCUT2D eigenvalue weighted by Gasteiger charge is -2.02. The van der Waals surface area contributed by atoms with Gasteiger partial charge in [-0.25, -0.2) is 0 Å². The van der Waals surface area contributed by atoms with Crippen LogP contribution in [0, 0.1) is 0 Å². The third kappa shape index (κ3) is 4.29. The lowest BCUT2D eigenvalue weighted by Crippen LogP contribution is -2.30. The van der Waals surface area contributed by atoms with Gasteiger partial charge in [0.1, 0.15) is 6.04 Å². The summed E-state index contributed by atoms with van der Waals surface area (Å²) in [5.74, 6) is -0.317. The Kier molecular flexibility index (Phi) is 3.55. The molecule has 0 aromatic carbocycles. The number of hydrogen-bond acceptors (Lipinski definition) is 3. The number of carbonyl (C=O) groups is 1. The van der Waals surface area contributed by atoms with Crippen LogP contribution in [0.1, 0.15) is 7.79 Å². The molecule has 0 saturated carbocycles. The average molecular weight is 151 g/mol. The van der Waals surface area contributed by atoms with Crippen LogP contribution in [0.25, 0.3) is 0 Å². The van der Waals surface area contributed by atoms with Crippen LogP contribution in [-0.4, -0.2) is 29.1 Å². The van der Waals surface area contributed by atoms with Crippen LogP contribution in [0.15, 0.2) is 0 Å². The van der Waals surface area contributed by atoms with Crippen molar-refractivity contribution < 1.29 is 11.3 Å². The quantitative estimate of drug-likeness (QED) is 0.443. The molecule has 9 heavy (non-hydrogen) atoms. The van der Waals surface area contributed by atoms with E-state index in [-0.39, 0.29) is 6.23 Å². The first-order valence-electron chi connectivity index (χ1n) is 3.24. The molecule has 0 rings (SSSR count). The molecule has 0 aromatic heterocycles. The summed E-state index contributed by atoms with van der Waals surface area (Å²) >= 11 is 1.38. The summed E-state index contributed by atoms with van der Waals surface area (Å²) in [6.07, 6.45) is 0.714. The minimum atomic E-state index is -0.967. The van der Waals surface area contributed by atoms with Gasteiger partial charge in [-0.2, -0.15) is 11.8 Å². The highest BCUT2D eigenvalue weighted by atomic mass is 32.2. The fourth-order valence-electron chi connectivity index (χ4n) is 0.334. The largest absolute Gasteiger partial charge is 0.480 e. The van der Waals surface area contributed by atoms with Gasteiger partial charge >= 0.3 is 5.97 Å². The highest BCUT2D eigenvalue weighted by Gasteiger charge is 2.08. The molecular formula is C5H11NO2S. The predicted molar refractivity (Wildman–Crippen MR) is 38.6 cm³/mol. The maximum Gasteiger partial charge on any atom is 0.320 e. The standard InChI is InChI=1S/C5H11NO2S/c1-9-3-2-4(6)5(7)8/h4H,2-3,6H2,1H3,(H,7,8)/t4-/m0/s1/i1+1D. The summed E-state index contributed by atoms with van der Waals surface area (Å²) in [7, 11) is 0. The molecule has 0 heterocycles. The summed E-state index contributed by atoms with van der Waals surface area (Å²) in [4.78, 5) is 10.1. The predicted octanol–water partition coefficient (Wildman–Crippen LogP) is 0.151.